The van der Waals surface area contributed by atoms with E-state index in [0.717, 1.165) is 69.8 Å². The zero-order valence-electron chi connectivity index (χ0n) is 27.2. The van der Waals surface area contributed by atoms with Crippen LogP contribution >= 0.6 is 47.8 Å². The Morgan fingerprint density at radius 1 is 0.521 bits per heavy atom. The van der Waals surface area contributed by atoms with Gasteiger partial charge in [-0.1, -0.05) is 47.8 Å². The van der Waals surface area contributed by atoms with Crippen molar-refractivity contribution in [2.24, 2.45) is 0 Å². The molecule has 0 N–H and O–H groups in total. The van der Waals surface area contributed by atoms with Crippen LogP contribution in [0, 0.1) is 0 Å². The van der Waals surface area contributed by atoms with Crippen LogP contribution in [-0.2, 0) is 33.8 Å². The number of pyridine rings is 3. The number of carbonyl (C=O) groups is 3. The molecule has 0 atom stereocenters. The quantitative estimate of drug-likeness (QED) is 0.169. The molecule has 15 heteroatoms. The van der Waals surface area contributed by atoms with E-state index in [4.69, 9.17) is 14.2 Å². The molecule has 12 nitrogen and oxygen atoms in total. The predicted octanol–water partition coefficient (Wildman–Crippen LogP) is 5.51. The summed E-state index contributed by atoms with van der Waals surface area (Å²) in [7, 11) is 0. The van der Waals surface area contributed by atoms with Gasteiger partial charge in [-0.3, -0.25) is 14.7 Å². The SMILES string of the molecule is CCOC(=O)c1cc(Br)cc(CN2CCN(Cc3cc(Br)cc(C(=O)OCC)n3)CCN(Cc3cc(Br)cc(C(=O)OCC)n3)CC2)n1. The van der Waals surface area contributed by atoms with Crippen LogP contribution < -0.4 is 0 Å². The highest BCUT2D eigenvalue weighted by atomic mass is 79.9. The molecule has 4 rings (SSSR count). The first-order valence-corrected chi connectivity index (χ1v) is 18.1. The Labute approximate surface area is 305 Å². The van der Waals surface area contributed by atoms with E-state index in [1.54, 1.807) is 39.0 Å². The molecule has 0 aliphatic carbocycles. The molecular weight excluding hydrogens is 816 g/mol. The van der Waals surface area contributed by atoms with Crippen molar-refractivity contribution < 1.29 is 28.6 Å². The summed E-state index contributed by atoms with van der Waals surface area (Å²) in [6, 6.07) is 10.7. The molecule has 258 valence electrons. The van der Waals surface area contributed by atoms with Crippen molar-refractivity contribution in [2.75, 3.05) is 59.1 Å². The Hall–Kier alpha value is -2.82. The van der Waals surface area contributed by atoms with E-state index in [2.05, 4.69) is 77.4 Å². The van der Waals surface area contributed by atoms with Gasteiger partial charge in [-0.05, 0) is 57.2 Å². The van der Waals surface area contributed by atoms with E-state index in [1.807, 2.05) is 18.2 Å². The number of esters is 3. The number of hydrogen-bond acceptors (Lipinski definition) is 12. The van der Waals surface area contributed by atoms with Crippen LogP contribution in [0.25, 0.3) is 0 Å². The number of carbonyl (C=O) groups excluding carboxylic acids is 3. The molecule has 0 spiro atoms. The number of ether oxygens (including phenoxy) is 3. The lowest BCUT2D eigenvalue weighted by atomic mass is 10.2. The Balaban J connectivity index is 1.59. The van der Waals surface area contributed by atoms with Gasteiger partial charge in [0.15, 0.2) is 0 Å². The second-order valence-electron chi connectivity index (χ2n) is 11.0. The first kappa shape index (κ1) is 38.0. The lowest BCUT2D eigenvalue weighted by Crippen LogP contribution is -2.36. The van der Waals surface area contributed by atoms with Gasteiger partial charge in [0, 0.05) is 72.3 Å². The number of halogens is 3. The van der Waals surface area contributed by atoms with Gasteiger partial charge in [0.1, 0.15) is 17.1 Å². The fraction of sp³-hybridized carbons (Fsp3) is 0.455. The monoisotopic (exact) mass is 852 g/mol. The fourth-order valence-corrected chi connectivity index (χ4v) is 6.61. The standard InChI is InChI=1S/C33H39Br3N6O6/c1-4-46-31(43)28-16-22(34)13-25(37-28)19-40-7-9-41(20-26-14-23(35)17-29(38-26)32(44)47-5-2)11-12-42(10-8-40)21-27-15-24(36)18-30(39-27)33(45)48-6-3/h13-18H,4-12,19-21H2,1-3H3. The number of nitrogens with zero attached hydrogens (tertiary/aromatic N) is 6. The molecule has 0 aromatic carbocycles. The van der Waals surface area contributed by atoms with Crippen LogP contribution in [0.4, 0.5) is 0 Å². The Kier molecular flexibility index (Phi) is 14.9. The molecule has 1 saturated heterocycles. The lowest BCUT2D eigenvalue weighted by molar-refractivity contribution is 0.0509. The molecule has 1 aliphatic rings. The van der Waals surface area contributed by atoms with Crippen LogP contribution in [0.5, 0.6) is 0 Å². The number of hydrogen-bond donors (Lipinski definition) is 0. The van der Waals surface area contributed by atoms with Crippen molar-refractivity contribution >= 4 is 65.7 Å². The lowest BCUT2D eigenvalue weighted by Gasteiger charge is -2.25. The van der Waals surface area contributed by atoms with Crippen molar-refractivity contribution in [3.63, 3.8) is 0 Å². The second kappa shape index (κ2) is 18.8. The summed E-state index contributed by atoms with van der Waals surface area (Å²) in [5, 5.41) is 0. The highest BCUT2D eigenvalue weighted by Gasteiger charge is 2.21. The number of rotatable bonds is 12. The van der Waals surface area contributed by atoms with Crippen LogP contribution in [0.1, 0.15) is 69.3 Å². The summed E-state index contributed by atoms with van der Waals surface area (Å²) in [6.45, 7) is 11.9. The van der Waals surface area contributed by atoms with Crippen molar-refractivity contribution in [1.29, 1.82) is 0 Å². The molecule has 0 unspecified atom stereocenters. The van der Waals surface area contributed by atoms with Crippen molar-refractivity contribution in [1.82, 2.24) is 29.7 Å². The summed E-state index contributed by atoms with van der Waals surface area (Å²) in [6.07, 6.45) is 0. The minimum Gasteiger partial charge on any atom is -0.461 e. The van der Waals surface area contributed by atoms with Crippen LogP contribution in [0.3, 0.4) is 0 Å². The Morgan fingerprint density at radius 3 is 1.00 bits per heavy atom. The number of aromatic nitrogens is 3. The summed E-state index contributed by atoms with van der Waals surface area (Å²) < 4.78 is 17.8. The maximum absolute atomic E-state index is 12.5. The molecule has 4 heterocycles. The molecular formula is C33H39Br3N6O6. The van der Waals surface area contributed by atoms with Crippen LogP contribution in [0.2, 0.25) is 0 Å². The van der Waals surface area contributed by atoms with E-state index < -0.39 is 17.9 Å². The van der Waals surface area contributed by atoms with Gasteiger partial charge >= 0.3 is 17.9 Å². The van der Waals surface area contributed by atoms with E-state index in [9.17, 15) is 14.4 Å². The molecule has 1 aliphatic heterocycles. The molecule has 1 fully saturated rings. The largest absolute Gasteiger partial charge is 0.461 e. The molecule has 48 heavy (non-hydrogen) atoms. The maximum Gasteiger partial charge on any atom is 0.356 e. The van der Waals surface area contributed by atoms with Gasteiger partial charge in [-0.25, -0.2) is 29.3 Å². The maximum atomic E-state index is 12.5. The Morgan fingerprint density at radius 2 is 0.771 bits per heavy atom. The van der Waals surface area contributed by atoms with Gasteiger partial charge in [0.05, 0.1) is 36.9 Å². The third-order valence-electron chi connectivity index (χ3n) is 7.34. The van der Waals surface area contributed by atoms with Gasteiger partial charge in [-0.15, -0.1) is 0 Å². The smallest absolute Gasteiger partial charge is 0.356 e. The Bertz CT molecular complexity index is 1400. The van der Waals surface area contributed by atoms with E-state index in [0.29, 0.717) is 19.6 Å². The molecule has 0 radical (unpaired) electrons. The average molecular weight is 855 g/mol. The van der Waals surface area contributed by atoms with Gasteiger partial charge < -0.3 is 14.2 Å². The van der Waals surface area contributed by atoms with E-state index >= 15 is 0 Å². The highest BCUT2D eigenvalue weighted by Crippen LogP contribution is 2.19. The zero-order valence-corrected chi connectivity index (χ0v) is 32.0. The first-order valence-electron chi connectivity index (χ1n) is 15.7. The minimum atomic E-state index is -0.464. The van der Waals surface area contributed by atoms with Gasteiger partial charge in [0.2, 0.25) is 0 Å². The molecule has 0 amide bonds. The van der Waals surface area contributed by atoms with Crippen molar-refractivity contribution in [3.8, 4) is 0 Å². The first-order chi connectivity index (χ1) is 23.1. The normalized spacial score (nSPS) is 14.9. The average Bonchev–Trinajstić information content (AvgIpc) is 3.12. The van der Waals surface area contributed by atoms with E-state index in [1.165, 1.54) is 0 Å². The fourth-order valence-electron chi connectivity index (χ4n) is 5.17. The zero-order chi connectivity index (χ0) is 34.6. The molecule has 0 saturated carbocycles. The summed E-state index contributed by atoms with van der Waals surface area (Å²) >= 11 is 10.6. The minimum absolute atomic E-state index is 0.255. The summed E-state index contributed by atoms with van der Waals surface area (Å²) in [5.41, 5.74) is 2.99. The van der Waals surface area contributed by atoms with Crippen molar-refractivity contribution in [2.45, 2.75) is 40.4 Å². The summed E-state index contributed by atoms with van der Waals surface area (Å²) in [4.78, 5) is 58.1. The third kappa shape index (κ3) is 11.7. The second-order valence-corrected chi connectivity index (χ2v) is 13.7. The summed E-state index contributed by atoms with van der Waals surface area (Å²) in [5.74, 6) is -1.39. The molecule has 3 aromatic heterocycles. The highest BCUT2D eigenvalue weighted by molar-refractivity contribution is 9.11. The van der Waals surface area contributed by atoms with Crippen LogP contribution in [0.15, 0.2) is 49.8 Å². The predicted molar refractivity (Wildman–Crippen MR) is 190 cm³/mol. The topological polar surface area (TPSA) is 127 Å². The van der Waals surface area contributed by atoms with Crippen LogP contribution in [-0.4, -0.2) is 107 Å². The molecule has 3 aromatic rings. The third-order valence-corrected chi connectivity index (χ3v) is 8.71. The van der Waals surface area contributed by atoms with E-state index in [-0.39, 0.29) is 36.9 Å². The van der Waals surface area contributed by atoms with Gasteiger partial charge in [0.25, 0.3) is 0 Å². The van der Waals surface area contributed by atoms with Gasteiger partial charge in [-0.2, -0.15) is 0 Å². The molecule has 0 bridgehead atoms. The van der Waals surface area contributed by atoms with Crippen molar-refractivity contribution in [3.05, 3.63) is 84.0 Å².